The maximum atomic E-state index is 11.9. The van der Waals surface area contributed by atoms with Crippen LogP contribution in [0, 0.1) is 0 Å². The predicted molar refractivity (Wildman–Crippen MR) is 87.4 cm³/mol. The number of benzene rings is 1. The van der Waals surface area contributed by atoms with Crippen molar-refractivity contribution in [3.63, 3.8) is 0 Å². The number of rotatable bonds is 5. The molecule has 7 heteroatoms. The lowest BCUT2D eigenvalue weighted by Crippen LogP contribution is -2.46. The Morgan fingerprint density at radius 2 is 2.09 bits per heavy atom. The second kappa shape index (κ2) is 7.47. The Bertz CT molecular complexity index is 543. The molecule has 1 aromatic carbocycles. The first-order valence-corrected chi connectivity index (χ1v) is 6.94. The van der Waals surface area contributed by atoms with Crippen molar-refractivity contribution in [3.8, 4) is 5.75 Å². The third kappa shape index (κ3) is 4.89. The SMILES string of the molecule is CC(C)(N)CNC(=O)CCN1C(=O)COc2ccccc21.Cl. The zero-order valence-electron chi connectivity index (χ0n) is 12.8. The minimum atomic E-state index is -0.447. The number of hydrogen-bond acceptors (Lipinski definition) is 4. The van der Waals surface area contributed by atoms with Crippen LogP contribution in [0.5, 0.6) is 5.75 Å². The lowest BCUT2D eigenvalue weighted by atomic mass is 10.1. The minimum Gasteiger partial charge on any atom is -0.482 e. The molecule has 1 aliphatic rings. The van der Waals surface area contributed by atoms with Crippen LogP contribution in [-0.2, 0) is 9.59 Å². The van der Waals surface area contributed by atoms with Crippen molar-refractivity contribution < 1.29 is 14.3 Å². The van der Waals surface area contributed by atoms with Crippen molar-refractivity contribution in [2.75, 3.05) is 24.6 Å². The number of hydrogen-bond donors (Lipinski definition) is 2. The topological polar surface area (TPSA) is 84.7 Å². The maximum Gasteiger partial charge on any atom is 0.265 e. The Hall–Kier alpha value is -1.79. The molecule has 1 aliphatic heterocycles. The quantitative estimate of drug-likeness (QED) is 0.847. The highest BCUT2D eigenvalue weighted by atomic mass is 35.5. The number of anilines is 1. The fourth-order valence-corrected chi connectivity index (χ4v) is 2.03. The van der Waals surface area contributed by atoms with Gasteiger partial charge < -0.3 is 20.7 Å². The summed E-state index contributed by atoms with van der Waals surface area (Å²) < 4.78 is 5.36. The second-order valence-electron chi connectivity index (χ2n) is 5.82. The number of amides is 2. The van der Waals surface area contributed by atoms with E-state index in [1.54, 1.807) is 4.90 Å². The third-order valence-electron chi connectivity index (χ3n) is 3.11. The number of carbonyl (C=O) groups is 2. The summed E-state index contributed by atoms with van der Waals surface area (Å²) in [6, 6.07) is 7.31. The van der Waals surface area contributed by atoms with Crippen molar-refractivity contribution >= 4 is 29.9 Å². The van der Waals surface area contributed by atoms with E-state index < -0.39 is 5.54 Å². The second-order valence-corrected chi connectivity index (χ2v) is 5.82. The van der Waals surface area contributed by atoms with Gasteiger partial charge in [-0.3, -0.25) is 9.59 Å². The highest BCUT2D eigenvalue weighted by Crippen LogP contribution is 2.31. The molecule has 22 heavy (non-hydrogen) atoms. The Morgan fingerprint density at radius 3 is 2.77 bits per heavy atom. The molecule has 0 atom stereocenters. The number of fused-ring (bicyclic) bond motifs is 1. The van der Waals surface area contributed by atoms with Gasteiger partial charge in [0.1, 0.15) is 5.75 Å². The summed E-state index contributed by atoms with van der Waals surface area (Å²) in [5.41, 5.74) is 6.07. The minimum absolute atomic E-state index is 0. The zero-order valence-corrected chi connectivity index (χ0v) is 13.6. The molecule has 6 nitrogen and oxygen atoms in total. The highest BCUT2D eigenvalue weighted by Gasteiger charge is 2.25. The van der Waals surface area contributed by atoms with E-state index in [4.69, 9.17) is 10.5 Å². The van der Waals surface area contributed by atoms with Crippen LogP contribution in [-0.4, -0.2) is 37.0 Å². The van der Waals surface area contributed by atoms with Crippen LogP contribution in [0.25, 0.3) is 0 Å². The number of ether oxygens (including phenoxy) is 1. The molecule has 0 spiro atoms. The summed E-state index contributed by atoms with van der Waals surface area (Å²) in [5.74, 6) is 0.409. The summed E-state index contributed by atoms with van der Waals surface area (Å²) in [6.45, 7) is 4.42. The fraction of sp³-hybridized carbons (Fsp3) is 0.467. The van der Waals surface area contributed by atoms with E-state index in [9.17, 15) is 9.59 Å². The molecule has 1 heterocycles. The molecule has 122 valence electrons. The summed E-state index contributed by atoms with van der Waals surface area (Å²) in [4.78, 5) is 25.3. The van der Waals surface area contributed by atoms with Crippen molar-refractivity contribution in [2.24, 2.45) is 5.73 Å². The fourth-order valence-electron chi connectivity index (χ4n) is 2.03. The molecule has 0 unspecified atom stereocenters. The number of para-hydroxylation sites is 2. The van der Waals surface area contributed by atoms with Crippen LogP contribution in [0.15, 0.2) is 24.3 Å². The van der Waals surface area contributed by atoms with Gasteiger partial charge in [0.05, 0.1) is 5.69 Å². The van der Waals surface area contributed by atoms with E-state index in [1.165, 1.54) is 0 Å². The van der Waals surface area contributed by atoms with Gasteiger partial charge in [0, 0.05) is 25.0 Å². The normalized spacial score (nSPS) is 13.8. The monoisotopic (exact) mass is 327 g/mol. The predicted octanol–water partition coefficient (Wildman–Crippen LogP) is 1.08. The molecular weight excluding hydrogens is 306 g/mol. The molecule has 0 radical (unpaired) electrons. The summed E-state index contributed by atoms with van der Waals surface area (Å²) in [5, 5.41) is 2.77. The van der Waals surface area contributed by atoms with E-state index in [-0.39, 0.29) is 37.2 Å². The average molecular weight is 328 g/mol. The van der Waals surface area contributed by atoms with E-state index >= 15 is 0 Å². The van der Waals surface area contributed by atoms with Gasteiger partial charge in [0.2, 0.25) is 5.91 Å². The number of carbonyl (C=O) groups excluding carboxylic acids is 2. The standard InChI is InChI=1S/C15H21N3O3.ClH/c1-15(2,16)10-17-13(19)7-8-18-11-5-3-4-6-12(11)21-9-14(18)20;/h3-6H,7-10,16H2,1-2H3,(H,17,19);1H. The van der Waals surface area contributed by atoms with Gasteiger partial charge in [-0.2, -0.15) is 0 Å². The van der Waals surface area contributed by atoms with Gasteiger partial charge in [0.25, 0.3) is 5.91 Å². The molecule has 1 aromatic rings. The van der Waals surface area contributed by atoms with Gasteiger partial charge in [-0.25, -0.2) is 0 Å². The summed E-state index contributed by atoms with van der Waals surface area (Å²) in [6.07, 6.45) is 0.232. The Kier molecular flexibility index (Phi) is 6.20. The van der Waals surface area contributed by atoms with Crippen molar-refractivity contribution in [1.29, 1.82) is 0 Å². The van der Waals surface area contributed by atoms with Crippen LogP contribution in [0.2, 0.25) is 0 Å². The van der Waals surface area contributed by atoms with E-state index in [0.29, 0.717) is 24.5 Å². The van der Waals surface area contributed by atoms with E-state index in [1.807, 2.05) is 38.1 Å². The lowest BCUT2D eigenvalue weighted by molar-refractivity contribution is -0.122. The van der Waals surface area contributed by atoms with Crippen molar-refractivity contribution in [2.45, 2.75) is 25.8 Å². The first kappa shape index (κ1) is 18.3. The highest BCUT2D eigenvalue weighted by molar-refractivity contribution is 5.98. The van der Waals surface area contributed by atoms with E-state index in [2.05, 4.69) is 5.32 Å². The van der Waals surface area contributed by atoms with Gasteiger partial charge in [-0.15, -0.1) is 12.4 Å². The maximum absolute atomic E-state index is 11.9. The Labute approximate surface area is 136 Å². The zero-order chi connectivity index (χ0) is 15.5. The summed E-state index contributed by atoms with van der Waals surface area (Å²) in [7, 11) is 0. The van der Waals surface area contributed by atoms with E-state index in [0.717, 1.165) is 0 Å². The first-order valence-electron chi connectivity index (χ1n) is 6.94. The number of nitrogens with two attached hydrogens (primary N) is 1. The molecule has 0 saturated carbocycles. The van der Waals surface area contributed by atoms with Crippen LogP contribution in [0.4, 0.5) is 5.69 Å². The molecule has 3 N–H and O–H groups in total. The van der Waals surface area contributed by atoms with Crippen LogP contribution < -0.4 is 20.7 Å². The first-order chi connectivity index (χ1) is 9.87. The molecule has 0 saturated heterocycles. The lowest BCUT2D eigenvalue weighted by Gasteiger charge is -2.29. The van der Waals surface area contributed by atoms with Gasteiger partial charge in [0.15, 0.2) is 6.61 Å². The van der Waals surface area contributed by atoms with Gasteiger partial charge >= 0.3 is 0 Å². The number of halogens is 1. The van der Waals surface area contributed by atoms with Gasteiger partial charge in [-0.1, -0.05) is 12.1 Å². The van der Waals surface area contributed by atoms with Crippen LogP contribution in [0.3, 0.4) is 0 Å². The van der Waals surface area contributed by atoms with Gasteiger partial charge in [-0.05, 0) is 26.0 Å². The van der Waals surface area contributed by atoms with Crippen LogP contribution in [0.1, 0.15) is 20.3 Å². The Morgan fingerprint density at radius 1 is 1.41 bits per heavy atom. The molecule has 0 bridgehead atoms. The smallest absolute Gasteiger partial charge is 0.265 e. The number of nitrogens with one attached hydrogen (secondary N) is 1. The summed E-state index contributed by atoms with van der Waals surface area (Å²) >= 11 is 0. The molecule has 0 aliphatic carbocycles. The largest absolute Gasteiger partial charge is 0.482 e. The van der Waals surface area contributed by atoms with Crippen molar-refractivity contribution in [3.05, 3.63) is 24.3 Å². The molecule has 0 aromatic heterocycles. The molecular formula is C15H22ClN3O3. The average Bonchev–Trinajstić information content (AvgIpc) is 2.43. The number of nitrogens with zero attached hydrogens (tertiary/aromatic N) is 1. The molecule has 2 rings (SSSR count). The third-order valence-corrected chi connectivity index (χ3v) is 3.11. The molecule has 0 fully saturated rings. The van der Waals surface area contributed by atoms with Crippen molar-refractivity contribution in [1.82, 2.24) is 5.32 Å². The Balaban J connectivity index is 0.00000242. The van der Waals surface area contributed by atoms with Crippen LogP contribution >= 0.6 is 12.4 Å². The molecule has 2 amide bonds.